The standard InChI is InChI=1S/C66H65BN2OS/c1-61(2,3)38-25-29-55-47(32-38)58-60(70-55)67-50-28-24-39(62(4,5)6)33-52(50)69(51-22-17-20-46-45-19-14-16-23-56(45)71-59(46)51)54-35-41(63(7,8)9)34-53(57(54)67)68(58)42-26-27-44-43-18-13-15-21-48(43)66(49(44)36-42)37-40-30-31-65(66,12)64(40,10)11/h13-29,32-36,40H,30-31,37H2,1-12H3. The lowest BCUT2D eigenvalue weighted by molar-refractivity contribution is 0.0990. The van der Waals surface area contributed by atoms with Gasteiger partial charge in [0, 0.05) is 49.0 Å². The molecule has 0 amide bonds. The Kier molecular flexibility index (Phi) is 8.57. The largest absolute Gasteiger partial charge is 0.468 e. The Morgan fingerprint density at radius 3 is 1.97 bits per heavy atom. The van der Waals surface area contributed by atoms with Crippen molar-refractivity contribution < 1.29 is 4.42 Å². The van der Waals surface area contributed by atoms with E-state index in [1.54, 1.807) is 0 Å². The molecule has 3 aliphatic carbocycles. The van der Waals surface area contributed by atoms with Crippen LogP contribution < -0.4 is 26.4 Å². The highest BCUT2D eigenvalue weighted by Gasteiger charge is 2.71. The monoisotopic (exact) mass is 944 g/mol. The minimum Gasteiger partial charge on any atom is -0.468 e. The van der Waals surface area contributed by atoms with Crippen LogP contribution in [-0.2, 0) is 21.7 Å². The van der Waals surface area contributed by atoms with E-state index in [-0.39, 0.29) is 39.2 Å². The Labute approximate surface area is 425 Å². The van der Waals surface area contributed by atoms with Gasteiger partial charge in [-0.3, -0.25) is 0 Å². The van der Waals surface area contributed by atoms with E-state index in [0.717, 1.165) is 11.2 Å². The summed E-state index contributed by atoms with van der Waals surface area (Å²) in [4.78, 5) is 5.32. The van der Waals surface area contributed by atoms with E-state index in [0.29, 0.717) is 5.92 Å². The van der Waals surface area contributed by atoms with Gasteiger partial charge in [0.1, 0.15) is 5.58 Å². The van der Waals surface area contributed by atoms with Crippen molar-refractivity contribution in [3.05, 3.63) is 161 Å². The molecule has 0 radical (unpaired) electrons. The lowest BCUT2D eigenvalue weighted by Gasteiger charge is -2.48. The molecule has 7 aromatic carbocycles. The van der Waals surface area contributed by atoms with Gasteiger partial charge in [0.05, 0.1) is 21.7 Å². The molecule has 14 rings (SSSR count). The highest BCUT2D eigenvalue weighted by Crippen LogP contribution is 2.78. The molecule has 3 unspecified atom stereocenters. The molecule has 2 aliphatic heterocycles. The molecule has 5 aliphatic rings. The fourth-order valence-electron chi connectivity index (χ4n) is 14.9. The van der Waals surface area contributed by atoms with Crippen LogP contribution in [0.4, 0.5) is 34.1 Å². The van der Waals surface area contributed by atoms with Gasteiger partial charge in [0.2, 0.25) is 0 Å². The minimum atomic E-state index is -0.152. The summed E-state index contributed by atoms with van der Waals surface area (Å²) in [5.41, 5.74) is 21.7. The number of anilines is 6. The molecule has 0 N–H and O–H groups in total. The van der Waals surface area contributed by atoms with Gasteiger partial charge in [-0.2, -0.15) is 0 Å². The molecule has 9 aromatic rings. The highest BCUT2D eigenvalue weighted by molar-refractivity contribution is 7.26. The second-order valence-corrected chi connectivity index (χ2v) is 27.1. The fourth-order valence-corrected chi connectivity index (χ4v) is 16.1. The third-order valence-electron chi connectivity index (χ3n) is 19.2. The van der Waals surface area contributed by atoms with Crippen LogP contribution in [0.3, 0.4) is 0 Å². The minimum absolute atomic E-state index is 0.0486. The van der Waals surface area contributed by atoms with E-state index in [1.165, 1.54) is 129 Å². The van der Waals surface area contributed by atoms with Crippen molar-refractivity contribution in [3.63, 3.8) is 0 Å². The van der Waals surface area contributed by atoms with Crippen molar-refractivity contribution >= 4 is 99.9 Å². The summed E-state index contributed by atoms with van der Waals surface area (Å²) in [6, 6.07) is 52.4. The van der Waals surface area contributed by atoms with Gasteiger partial charge < -0.3 is 14.2 Å². The molecule has 0 saturated heterocycles. The zero-order valence-electron chi connectivity index (χ0n) is 43.7. The Morgan fingerprint density at radius 2 is 1.24 bits per heavy atom. The number of nitrogens with zero attached hydrogens (tertiary/aromatic N) is 2. The van der Waals surface area contributed by atoms with Crippen LogP contribution in [0.1, 0.15) is 130 Å². The molecular weight excluding hydrogens is 880 g/mol. The molecular formula is C66H65BN2OS. The number of thiophene rings is 1. The molecule has 2 saturated carbocycles. The second-order valence-electron chi connectivity index (χ2n) is 26.0. The molecule has 2 fully saturated rings. The summed E-state index contributed by atoms with van der Waals surface area (Å²) in [5.74, 6) is 0.678. The van der Waals surface area contributed by atoms with E-state index in [2.05, 4.69) is 226 Å². The summed E-state index contributed by atoms with van der Waals surface area (Å²) in [7, 11) is 0. The molecule has 1 spiro atoms. The normalized spacial score (nSPS) is 21.6. The molecule has 5 heteroatoms. The van der Waals surface area contributed by atoms with Gasteiger partial charge in [-0.15, -0.1) is 11.3 Å². The number of hydrogen-bond donors (Lipinski definition) is 0. The Balaban J connectivity index is 1.11. The summed E-state index contributed by atoms with van der Waals surface area (Å²) in [6.07, 6.45) is 3.76. The van der Waals surface area contributed by atoms with Gasteiger partial charge in [-0.05, 0) is 157 Å². The molecule has 2 aromatic heterocycles. The van der Waals surface area contributed by atoms with Crippen LogP contribution in [0.2, 0.25) is 0 Å². The van der Waals surface area contributed by atoms with Crippen molar-refractivity contribution in [2.75, 3.05) is 9.80 Å². The quantitative estimate of drug-likeness (QED) is 0.161. The summed E-state index contributed by atoms with van der Waals surface area (Å²) in [6.45, 7) is 28.9. The smallest absolute Gasteiger partial charge is 0.297 e. The average molecular weight is 945 g/mol. The molecule has 3 nitrogen and oxygen atoms in total. The van der Waals surface area contributed by atoms with Crippen LogP contribution in [0, 0.1) is 16.7 Å². The van der Waals surface area contributed by atoms with Crippen molar-refractivity contribution in [2.24, 2.45) is 16.7 Å². The van der Waals surface area contributed by atoms with Crippen molar-refractivity contribution in [2.45, 2.75) is 124 Å². The number of hydrogen-bond acceptors (Lipinski definition) is 4. The van der Waals surface area contributed by atoms with Gasteiger partial charge in [0.25, 0.3) is 6.71 Å². The van der Waals surface area contributed by atoms with E-state index in [4.69, 9.17) is 4.42 Å². The van der Waals surface area contributed by atoms with E-state index in [1.807, 2.05) is 11.3 Å². The third kappa shape index (κ3) is 5.57. The first-order valence-corrected chi connectivity index (χ1v) is 27.2. The predicted octanol–water partition coefficient (Wildman–Crippen LogP) is 16.9. The highest BCUT2D eigenvalue weighted by atomic mass is 32.1. The van der Waals surface area contributed by atoms with Gasteiger partial charge in [0.15, 0.2) is 0 Å². The maximum absolute atomic E-state index is 7.52. The van der Waals surface area contributed by atoms with E-state index < -0.39 is 0 Å². The third-order valence-corrected chi connectivity index (χ3v) is 20.4. The van der Waals surface area contributed by atoms with E-state index >= 15 is 0 Å². The Morgan fingerprint density at radius 1 is 0.577 bits per heavy atom. The Hall–Kier alpha value is -6.04. The molecule has 2 bridgehead atoms. The van der Waals surface area contributed by atoms with Crippen LogP contribution in [-0.4, -0.2) is 6.71 Å². The molecule has 354 valence electrons. The van der Waals surface area contributed by atoms with Gasteiger partial charge in [-0.25, -0.2) is 0 Å². The Bertz CT molecular complexity index is 3790. The number of benzene rings is 7. The zero-order valence-corrected chi connectivity index (χ0v) is 44.5. The average Bonchev–Trinajstić information content (AvgIpc) is 4.08. The summed E-state index contributed by atoms with van der Waals surface area (Å²) < 4.78 is 10.2. The maximum atomic E-state index is 7.52. The SMILES string of the molecule is CC(C)(C)c1ccc2c(c1)N(c1cccc3c1sc1ccccc13)c1cc(C(C)(C)C)cc3c1B2c1oc2ccc(C(C)(C)C)cc2c1N3c1ccc2c(c1)C1(CC3CCC1(C)C3(C)C)c1ccccc1-2. The van der Waals surface area contributed by atoms with Crippen molar-refractivity contribution in [1.82, 2.24) is 0 Å². The van der Waals surface area contributed by atoms with Crippen molar-refractivity contribution in [1.29, 1.82) is 0 Å². The number of furan rings is 1. The first-order valence-electron chi connectivity index (χ1n) is 26.4. The number of fused-ring (bicyclic) bond motifs is 17. The van der Waals surface area contributed by atoms with Crippen LogP contribution in [0.15, 0.2) is 138 Å². The lowest BCUT2D eigenvalue weighted by atomic mass is 9.35. The fraction of sp³-hybridized carbons (Fsp3) is 0.333. The predicted molar refractivity (Wildman–Crippen MR) is 305 cm³/mol. The zero-order chi connectivity index (χ0) is 49.1. The van der Waals surface area contributed by atoms with E-state index in [9.17, 15) is 0 Å². The van der Waals surface area contributed by atoms with Crippen molar-refractivity contribution in [3.8, 4) is 11.1 Å². The maximum Gasteiger partial charge on any atom is 0.297 e. The topological polar surface area (TPSA) is 19.6 Å². The second kappa shape index (κ2) is 13.9. The number of rotatable bonds is 2. The first kappa shape index (κ1) is 43.7. The first-order chi connectivity index (χ1) is 33.7. The van der Waals surface area contributed by atoms with Crippen LogP contribution in [0.5, 0.6) is 0 Å². The van der Waals surface area contributed by atoms with Gasteiger partial charge >= 0.3 is 0 Å². The van der Waals surface area contributed by atoms with Crippen LogP contribution in [0.25, 0.3) is 42.3 Å². The lowest BCUT2D eigenvalue weighted by Crippen LogP contribution is -2.61. The molecule has 3 atom stereocenters. The van der Waals surface area contributed by atoms with Gasteiger partial charge in [-0.1, -0.05) is 162 Å². The molecule has 4 heterocycles. The molecule has 71 heavy (non-hydrogen) atoms. The summed E-state index contributed by atoms with van der Waals surface area (Å²) >= 11 is 1.92. The summed E-state index contributed by atoms with van der Waals surface area (Å²) in [5, 5.41) is 3.80. The van der Waals surface area contributed by atoms with Crippen LogP contribution >= 0.6 is 11.3 Å².